The summed E-state index contributed by atoms with van der Waals surface area (Å²) in [4.78, 5) is 17.0. The summed E-state index contributed by atoms with van der Waals surface area (Å²) in [7, 11) is 0. The van der Waals surface area contributed by atoms with Crippen molar-refractivity contribution in [1.82, 2.24) is 10.1 Å². The van der Waals surface area contributed by atoms with E-state index in [0.717, 1.165) is 26.5 Å². The Bertz CT molecular complexity index is 1100. The van der Waals surface area contributed by atoms with E-state index in [1.165, 1.54) is 0 Å². The molecule has 0 fully saturated rings. The molecule has 0 saturated heterocycles. The number of rotatable bonds is 3. The summed E-state index contributed by atoms with van der Waals surface area (Å²) < 4.78 is 6.29. The van der Waals surface area contributed by atoms with Crippen LogP contribution in [0.3, 0.4) is 0 Å². The fourth-order valence-corrected chi connectivity index (χ4v) is 3.01. The topological polar surface area (TPSA) is 68.0 Å². The number of pyridine rings is 1. The van der Waals surface area contributed by atoms with Crippen molar-refractivity contribution in [2.45, 2.75) is 6.92 Å². The summed E-state index contributed by atoms with van der Waals surface area (Å²) in [6, 6.07) is 16.8. The van der Waals surface area contributed by atoms with Crippen molar-refractivity contribution < 1.29 is 9.32 Å². The average Bonchev–Trinajstić information content (AvgIpc) is 3.15. The third-order valence-corrected chi connectivity index (χ3v) is 4.62. The molecule has 2 aromatic carbocycles. The van der Waals surface area contributed by atoms with Crippen molar-refractivity contribution in [2.75, 3.05) is 5.32 Å². The van der Waals surface area contributed by atoms with Gasteiger partial charge >= 0.3 is 0 Å². The summed E-state index contributed by atoms with van der Waals surface area (Å²) >= 11 is 3.39. The van der Waals surface area contributed by atoms with Crippen LogP contribution in [0, 0.1) is 6.92 Å². The maximum absolute atomic E-state index is 12.6. The lowest BCUT2D eigenvalue weighted by atomic mass is 10.1. The van der Waals surface area contributed by atoms with Crippen LogP contribution in [0.2, 0.25) is 0 Å². The van der Waals surface area contributed by atoms with Crippen molar-refractivity contribution in [3.8, 4) is 11.3 Å². The highest BCUT2D eigenvalue weighted by atomic mass is 79.9. The second kappa shape index (κ2) is 6.72. The van der Waals surface area contributed by atoms with Crippen LogP contribution in [0.25, 0.3) is 22.2 Å². The van der Waals surface area contributed by atoms with Crippen LogP contribution in [0.5, 0.6) is 0 Å². The lowest BCUT2D eigenvalue weighted by Gasteiger charge is -2.08. The van der Waals surface area contributed by atoms with Gasteiger partial charge in [0, 0.05) is 27.7 Å². The molecular formula is C20H14BrN3O2. The van der Waals surface area contributed by atoms with Gasteiger partial charge in [0.05, 0.1) is 11.2 Å². The Hall–Kier alpha value is -2.99. The zero-order valence-corrected chi connectivity index (χ0v) is 15.4. The number of halogens is 1. The molecule has 0 atom stereocenters. The van der Waals surface area contributed by atoms with Gasteiger partial charge in [-0.05, 0) is 42.8 Å². The number of amides is 1. The van der Waals surface area contributed by atoms with E-state index in [9.17, 15) is 4.79 Å². The average molecular weight is 408 g/mol. The summed E-state index contributed by atoms with van der Waals surface area (Å²) in [5, 5.41) is 7.67. The van der Waals surface area contributed by atoms with Gasteiger partial charge in [0.15, 0.2) is 11.5 Å². The molecule has 2 heterocycles. The van der Waals surface area contributed by atoms with Crippen LogP contribution < -0.4 is 5.32 Å². The molecule has 26 heavy (non-hydrogen) atoms. The zero-order chi connectivity index (χ0) is 18.1. The van der Waals surface area contributed by atoms with E-state index in [0.29, 0.717) is 11.4 Å². The highest BCUT2D eigenvalue weighted by Crippen LogP contribution is 2.26. The highest BCUT2D eigenvalue weighted by molar-refractivity contribution is 9.10. The predicted molar refractivity (Wildman–Crippen MR) is 104 cm³/mol. The molecule has 0 aliphatic heterocycles. The second-order valence-corrected chi connectivity index (χ2v) is 6.78. The van der Waals surface area contributed by atoms with Crippen LogP contribution in [0.4, 0.5) is 5.69 Å². The molecule has 0 unspecified atom stereocenters. The van der Waals surface area contributed by atoms with E-state index >= 15 is 0 Å². The quantitative estimate of drug-likeness (QED) is 0.505. The molecule has 0 saturated carbocycles. The van der Waals surface area contributed by atoms with E-state index < -0.39 is 0 Å². The Morgan fingerprint density at radius 3 is 2.73 bits per heavy atom. The van der Waals surface area contributed by atoms with Gasteiger partial charge in [-0.1, -0.05) is 39.3 Å². The SMILES string of the molecule is Cc1ccc(NC(=O)c2cc(-c3ccc(Br)cc3)on2)c2cccnc12. The Morgan fingerprint density at radius 1 is 1.12 bits per heavy atom. The summed E-state index contributed by atoms with van der Waals surface area (Å²) in [5.74, 6) is 0.212. The van der Waals surface area contributed by atoms with Gasteiger partial charge < -0.3 is 9.84 Å². The fraction of sp³-hybridized carbons (Fsp3) is 0.0500. The first-order valence-electron chi connectivity index (χ1n) is 8.00. The molecule has 2 aromatic heterocycles. The minimum absolute atomic E-state index is 0.223. The monoisotopic (exact) mass is 407 g/mol. The Morgan fingerprint density at radius 2 is 1.92 bits per heavy atom. The number of hydrogen-bond donors (Lipinski definition) is 1. The van der Waals surface area contributed by atoms with Crippen molar-refractivity contribution in [1.29, 1.82) is 0 Å². The van der Waals surface area contributed by atoms with Gasteiger partial charge in [-0.25, -0.2) is 0 Å². The number of nitrogens with zero attached hydrogens (tertiary/aromatic N) is 2. The normalized spacial score (nSPS) is 10.8. The maximum atomic E-state index is 12.6. The fourth-order valence-electron chi connectivity index (χ4n) is 2.74. The molecule has 5 nitrogen and oxygen atoms in total. The number of nitrogens with one attached hydrogen (secondary N) is 1. The van der Waals surface area contributed by atoms with Gasteiger partial charge in [-0.15, -0.1) is 0 Å². The van der Waals surface area contributed by atoms with Gasteiger partial charge in [-0.3, -0.25) is 9.78 Å². The molecule has 0 aliphatic rings. The molecule has 0 aliphatic carbocycles. The van der Waals surface area contributed by atoms with Crippen LogP contribution in [-0.2, 0) is 0 Å². The van der Waals surface area contributed by atoms with Crippen molar-refractivity contribution in [2.24, 2.45) is 0 Å². The molecule has 1 N–H and O–H groups in total. The van der Waals surface area contributed by atoms with Crippen molar-refractivity contribution in [3.05, 3.63) is 76.5 Å². The molecule has 0 bridgehead atoms. The van der Waals surface area contributed by atoms with Gasteiger partial charge in [0.25, 0.3) is 5.91 Å². The van der Waals surface area contributed by atoms with Crippen LogP contribution in [0.1, 0.15) is 16.1 Å². The molecular weight excluding hydrogens is 394 g/mol. The number of fused-ring (bicyclic) bond motifs is 1. The van der Waals surface area contributed by atoms with E-state index in [4.69, 9.17) is 4.52 Å². The van der Waals surface area contributed by atoms with Gasteiger partial charge in [-0.2, -0.15) is 0 Å². The number of benzene rings is 2. The first kappa shape index (κ1) is 16.5. The van der Waals surface area contributed by atoms with E-state index in [-0.39, 0.29) is 11.6 Å². The van der Waals surface area contributed by atoms with Crippen LogP contribution in [-0.4, -0.2) is 16.0 Å². The van der Waals surface area contributed by atoms with E-state index in [2.05, 4.69) is 31.4 Å². The predicted octanol–water partition coefficient (Wildman–Crippen LogP) is 5.21. The lowest BCUT2D eigenvalue weighted by Crippen LogP contribution is -2.12. The number of carbonyl (C=O) groups is 1. The number of aryl methyl sites for hydroxylation is 1. The lowest BCUT2D eigenvalue weighted by molar-refractivity contribution is 0.101. The third kappa shape index (κ3) is 3.11. The minimum Gasteiger partial charge on any atom is -0.355 e. The zero-order valence-electron chi connectivity index (χ0n) is 13.9. The standard InChI is InChI=1S/C20H14BrN3O2/c1-12-4-9-16(15-3-2-10-22-19(12)15)23-20(25)17-11-18(26-24-17)13-5-7-14(21)8-6-13/h2-11H,1H3,(H,23,25). The number of aromatic nitrogens is 2. The summed E-state index contributed by atoms with van der Waals surface area (Å²) in [6.07, 6.45) is 1.74. The summed E-state index contributed by atoms with van der Waals surface area (Å²) in [6.45, 7) is 1.99. The highest BCUT2D eigenvalue weighted by Gasteiger charge is 2.15. The smallest absolute Gasteiger partial charge is 0.277 e. The van der Waals surface area contributed by atoms with Crippen molar-refractivity contribution >= 4 is 38.4 Å². The van der Waals surface area contributed by atoms with Crippen LogP contribution >= 0.6 is 15.9 Å². The maximum Gasteiger partial charge on any atom is 0.277 e. The van der Waals surface area contributed by atoms with Gasteiger partial charge in [0.1, 0.15) is 0 Å². The third-order valence-electron chi connectivity index (χ3n) is 4.09. The minimum atomic E-state index is -0.328. The molecule has 128 valence electrons. The second-order valence-electron chi connectivity index (χ2n) is 5.87. The molecule has 0 radical (unpaired) electrons. The van der Waals surface area contributed by atoms with Crippen molar-refractivity contribution in [3.63, 3.8) is 0 Å². The Kier molecular flexibility index (Phi) is 4.26. The number of hydrogen-bond acceptors (Lipinski definition) is 4. The Labute approximate surface area is 158 Å². The van der Waals surface area contributed by atoms with Crippen LogP contribution in [0.15, 0.2) is 69.8 Å². The largest absolute Gasteiger partial charge is 0.355 e. The number of carbonyl (C=O) groups excluding carboxylic acids is 1. The molecule has 4 rings (SSSR count). The Balaban J connectivity index is 1.62. The molecule has 4 aromatic rings. The number of anilines is 1. The van der Waals surface area contributed by atoms with E-state index in [1.54, 1.807) is 12.3 Å². The summed E-state index contributed by atoms with van der Waals surface area (Å²) in [5.41, 5.74) is 3.68. The molecule has 0 spiro atoms. The van der Waals surface area contributed by atoms with Gasteiger partial charge in [0.2, 0.25) is 0 Å². The molecule has 6 heteroatoms. The first-order chi connectivity index (χ1) is 12.6. The first-order valence-corrected chi connectivity index (χ1v) is 8.79. The molecule has 1 amide bonds. The van der Waals surface area contributed by atoms with E-state index in [1.807, 2.05) is 55.5 Å².